The molecule has 2 rings (SSSR count). The maximum Gasteiger partial charge on any atom is 0.323 e. The van der Waals surface area contributed by atoms with Gasteiger partial charge in [-0.1, -0.05) is 6.57 Å². The maximum atomic E-state index is 10.8. The molecule has 2 N–H and O–H groups in total. The van der Waals surface area contributed by atoms with Crippen LogP contribution in [0.1, 0.15) is 0 Å². The predicted octanol–water partition coefficient (Wildman–Crippen LogP) is 0.802. The summed E-state index contributed by atoms with van der Waals surface area (Å²) in [6.07, 6.45) is 1.46. The minimum Gasteiger partial charge on any atom is -0.361 e. The second-order valence-electron chi connectivity index (χ2n) is 2.28. The van der Waals surface area contributed by atoms with Crippen molar-refractivity contribution in [3.8, 4) is 0 Å². The molecular weight excluding hydrogens is 156 g/mol. The number of fused-ring (bicyclic) bond motifs is 1. The number of aromatic nitrogens is 3. The summed E-state index contributed by atoms with van der Waals surface area (Å²) in [6, 6.07) is 1.53. The van der Waals surface area contributed by atoms with E-state index in [1.165, 1.54) is 12.3 Å². The van der Waals surface area contributed by atoms with Crippen LogP contribution in [-0.4, -0.2) is 15.0 Å². The molecule has 5 nitrogen and oxygen atoms in total. The summed E-state index contributed by atoms with van der Waals surface area (Å²) in [5.41, 5.74) is 0.947. The van der Waals surface area contributed by atoms with E-state index in [4.69, 9.17) is 6.57 Å². The number of hydrogen-bond donors (Lipinski definition) is 2. The van der Waals surface area contributed by atoms with Crippen LogP contribution in [0.2, 0.25) is 0 Å². The maximum absolute atomic E-state index is 10.8. The summed E-state index contributed by atoms with van der Waals surface area (Å²) in [5, 5.41) is 0. The van der Waals surface area contributed by atoms with Gasteiger partial charge >= 0.3 is 5.69 Å². The summed E-state index contributed by atoms with van der Waals surface area (Å²) in [7, 11) is 0. The standard InChI is InChI=1S/C7H4N4O/c1-8-6-2-4-5(3-9-6)11-7(12)10-4/h2-3H,(H2,10,11,12). The van der Waals surface area contributed by atoms with Crippen molar-refractivity contribution in [3.05, 3.63) is 34.2 Å². The van der Waals surface area contributed by atoms with Crippen LogP contribution >= 0.6 is 0 Å². The Hall–Kier alpha value is -2.09. The molecule has 0 bridgehead atoms. The molecule has 0 spiro atoms. The van der Waals surface area contributed by atoms with Crippen LogP contribution in [0.4, 0.5) is 5.82 Å². The van der Waals surface area contributed by atoms with Crippen molar-refractivity contribution in [1.29, 1.82) is 0 Å². The number of pyridine rings is 1. The minimum atomic E-state index is -0.283. The van der Waals surface area contributed by atoms with Gasteiger partial charge in [0.15, 0.2) is 0 Å². The number of imidazole rings is 1. The molecule has 2 aromatic heterocycles. The molecule has 2 aromatic rings. The summed E-state index contributed by atoms with van der Waals surface area (Å²) < 4.78 is 0. The van der Waals surface area contributed by atoms with Crippen molar-refractivity contribution >= 4 is 16.9 Å². The molecule has 0 saturated heterocycles. The van der Waals surface area contributed by atoms with Gasteiger partial charge < -0.3 is 14.8 Å². The molecule has 12 heavy (non-hydrogen) atoms. The van der Waals surface area contributed by atoms with Gasteiger partial charge in [-0.2, -0.15) is 0 Å². The lowest BCUT2D eigenvalue weighted by Crippen LogP contribution is -1.99. The van der Waals surface area contributed by atoms with E-state index in [9.17, 15) is 4.79 Å². The number of nitrogens with zero attached hydrogens (tertiary/aromatic N) is 2. The number of nitrogens with one attached hydrogen (secondary N) is 2. The zero-order chi connectivity index (χ0) is 8.55. The van der Waals surface area contributed by atoms with E-state index in [2.05, 4.69) is 19.8 Å². The lowest BCUT2D eigenvalue weighted by Gasteiger charge is -1.85. The smallest absolute Gasteiger partial charge is 0.323 e. The fraction of sp³-hybridized carbons (Fsp3) is 0. The Balaban J connectivity index is 2.85. The van der Waals surface area contributed by atoms with Crippen LogP contribution in [0.3, 0.4) is 0 Å². The molecule has 0 aromatic carbocycles. The highest BCUT2D eigenvalue weighted by atomic mass is 16.1. The molecule has 0 saturated carbocycles. The first-order chi connectivity index (χ1) is 5.79. The van der Waals surface area contributed by atoms with Gasteiger partial charge in [0.2, 0.25) is 0 Å². The van der Waals surface area contributed by atoms with Gasteiger partial charge in [0.05, 0.1) is 5.52 Å². The molecule has 0 aliphatic heterocycles. The van der Waals surface area contributed by atoms with Crippen LogP contribution in [0, 0.1) is 6.57 Å². The van der Waals surface area contributed by atoms with Crippen LogP contribution in [-0.2, 0) is 0 Å². The first kappa shape index (κ1) is 6.61. The van der Waals surface area contributed by atoms with Crippen LogP contribution in [0.25, 0.3) is 15.9 Å². The van der Waals surface area contributed by atoms with Gasteiger partial charge in [-0.3, -0.25) is 0 Å². The highest BCUT2D eigenvalue weighted by Crippen LogP contribution is 2.12. The number of aromatic amines is 2. The van der Waals surface area contributed by atoms with E-state index in [0.29, 0.717) is 11.0 Å². The largest absolute Gasteiger partial charge is 0.361 e. The topological polar surface area (TPSA) is 65.9 Å². The van der Waals surface area contributed by atoms with Crippen molar-refractivity contribution in [3.63, 3.8) is 0 Å². The zero-order valence-electron chi connectivity index (χ0n) is 5.96. The Labute approximate surface area is 66.9 Å². The summed E-state index contributed by atoms with van der Waals surface area (Å²) in [4.78, 5) is 22.8. The van der Waals surface area contributed by atoms with Gasteiger partial charge in [-0.25, -0.2) is 4.79 Å². The third kappa shape index (κ3) is 0.864. The normalized spacial score (nSPS) is 9.92. The predicted molar refractivity (Wildman–Crippen MR) is 43.0 cm³/mol. The molecule has 0 radical (unpaired) electrons. The van der Waals surface area contributed by atoms with Crippen LogP contribution in [0.5, 0.6) is 0 Å². The van der Waals surface area contributed by atoms with Gasteiger partial charge in [0, 0.05) is 0 Å². The van der Waals surface area contributed by atoms with E-state index in [0.717, 1.165) is 0 Å². The third-order valence-electron chi connectivity index (χ3n) is 1.50. The molecule has 0 unspecified atom stereocenters. The molecule has 0 aliphatic carbocycles. The fourth-order valence-electron chi connectivity index (χ4n) is 0.984. The second kappa shape index (κ2) is 2.20. The zero-order valence-corrected chi connectivity index (χ0v) is 5.96. The summed E-state index contributed by atoms with van der Waals surface area (Å²) >= 11 is 0. The monoisotopic (exact) mass is 160 g/mol. The second-order valence-corrected chi connectivity index (χ2v) is 2.28. The minimum absolute atomic E-state index is 0.276. The van der Waals surface area contributed by atoms with Crippen molar-refractivity contribution in [1.82, 2.24) is 15.0 Å². The summed E-state index contributed by atoms with van der Waals surface area (Å²) in [5.74, 6) is 0.276. The molecule has 58 valence electrons. The fourth-order valence-corrected chi connectivity index (χ4v) is 0.984. The Morgan fingerprint density at radius 1 is 1.42 bits per heavy atom. The summed E-state index contributed by atoms with van der Waals surface area (Å²) in [6.45, 7) is 6.69. The Kier molecular flexibility index (Phi) is 1.21. The molecule has 0 fully saturated rings. The molecule has 5 heteroatoms. The molecule has 2 heterocycles. The number of hydrogen-bond acceptors (Lipinski definition) is 2. The number of H-pyrrole nitrogens is 2. The Morgan fingerprint density at radius 2 is 2.17 bits per heavy atom. The van der Waals surface area contributed by atoms with Gasteiger partial charge in [0.1, 0.15) is 11.7 Å². The molecule has 0 aliphatic rings. The highest BCUT2D eigenvalue weighted by molar-refractivity contribution is 5.76. The van der Waals surface area contributed by atoms with Crippen molar-refractivity contribution in [2.45, 2.75) is 0 Å². The third-order valence-corrected chi connectivity index (χ3v) is 1.50. The van der Waals surface area contributed by atoms with Crippen molar-refractivity contribution in [2.75, 3.05) is 0 Å². The van der Waals surface area contributed by atoms with Crippen LogP contribution in [0.15, 0.2) is 17.1 Å². The van der Waals surface area contributed by atoms with Crippen LogP contribution < -0.4 is 5.69 Å². The van der Waals surface area contributed by atoms with E-state index >= 15 is 0 Å². The van der Waals surface area contributed by atoms with Gasteiger partial charge in [-0.05, 0) is 6.07 Å². The van der Waals surface area contributed by atoms with Gasteiger partial charge in [-0.15, -0.1) is 4.98 Å². The Bertz CT molecular complexity index is 516. The van der Waals surface area contributed by atoms with E-state index in [1.807, 2.05) is 0 Å². The lowest BCUT2D eigenvalue weighted by atomic mass is 10.4. The van der Waals surface area contributed by atoms with E-state index in [1.54, 1.807) is 0 Å². The van der Waals surface area contributed by atoms with E-state index in [-0.39, 0.29) is 11.5 Å². The van der Waals surface area contributed by atoms with Crippen molar-refractivity contribution in [2.24, 2.45) is 0 Å². The van der Waals surface area contributed by atoms with Gasteiger partial charge in [0.25, 0.3) is 5.82 Å². The average Bonchev–Trinajstić information content (AvgIpc) is 2.43. The average molecular weight is 160 g/mol. The lowest BCUT2D eigenvalue weighted by molar-refractivity contribution is 1.21. The molecule has 0 amide bonds. The SMILES string of the molecule is [C-]#[N+]c1cc2[nH]c(=O)[nH]c2cn1. The molecule has 0 atom stereocenters. The first-order valence-electron chi connectivity index (χ1n) is 3.25. The number of rotatable bonds is 0. The van der Waals surface area contributed by atoms with Crippen molar-refractivity contribution < 1.29 is 0 Å². The van der Waals surface area contributed by atoms with E-state index < -0.39 is 0 Å². The quantitative estimate of drug-likeness (QED) is 0.560. The first-order valence-corrected chi connectivity index (χ1v) is 3.25. The Morgan fingerprint density at radius 3 is 2.92 bits per heavy atom. The molecular formula is C7H4N4O. The highest BCUT2D eigenvalue weighted by Gasteiger charge is 2.00.